The molecule has 130 valence electrons. The lowest BCUT2D eigenvalue weighted by Crippen LogP contribution is -2.10. The summed E-state index contributed by atoms with van der Waals surface area (Å²) in [5.74, 6) is 1.56. The van der Waals surface area contributed by atoms with Crippen LogP contribution in [0.4, 0.5) is 5.82 Å². The second kappa shape index (κ2) is 7.05. The Bertz CT molecular complexity index is 1000. The number of hydrogen-bond acceptors (Lipinski definition) is 4. The quantitative estimate of drug-likeness (QED) is 0.752. The van der Waals surface area contributed by atoms with E-state index in [1.807, 2.05) is 18.2 Å². The van der Waals surface area contributed by atoms with E-state index in [0.717, 1.165) is 35.2 Å². The molecule has 1 aliphatic rings. The molecule has 3 aromatic rings. The van der Waals surface area contributed by atoms with Crippen molar-refractivity contribution >= 4 is 16.6 Å². The molecule has 4 nitrogen and oxygen atoms in total. The van der Waals surface area contributed by atoms with Crippen LogP contribution in [0.5, 0.6) is 5.75 Å². The average Bonchev–Trinajstić information content (AvgIpc) is 2.70. The highest BCUT2D eigenvalue weighted by Crippen LogP contribution is 2.25. The van der Waals surface area contributed by atoms with Gasteiger partial charge < -0.3 is 10.1 Å². The lowest BCUT2D eigenvalue weighted by Gasteiger charge is -2.17. The summed E-state index contributed by atoms with van der Waals surface area (Å²) in [5, 5.41) is 15.1. The van der Waals surface area contributed by atoms with Gasteiger partial charge in [-0.3, -0.25) is 0 Å². The Labute approximate surface area is 153 Å². The molecule has 26 heavy (non-hydrogen) atoms. The summed E-state index contributed by atoms with van der Waals surface area (Å²) < 4.78 is 5.28. The summed E-state index contributed by atoms with van der Waals surface area (Å²) >= 11 is 0. The highest BCUT2D eigenvalue weighted by Gasteiger charge is 2.15. The number of anilines is 1. The highest BCUT2D eigenvalue weighted by molar-refractivity contribution is 5.84. The standard InChI is InChI=1S/C22H21N3O/c1-26-20-9-8-16-10-15(6-7-17(16)12-20)14-24-22-19(13-23)11-18-4-2-3-5-21(18)25-22/h6-12H,2-5,14H2,1H3,(H,24,25). The molecule has 1 heterocycles. The molecule has 0 unspecified atom stereocenters. The number of fused-ring (bicyclic) bond motifs is 2. The van der Waals surface area contributed by atoms with Crippen molar-refractivity contribution in [3.63, 3.8) is 0 Å². The summed E-state index contributed by atoms with van der Waals surface area (Å²) in [7, 11) is 1.68. The van der Waals surface area contributed by atoms with E-state index < -0.39 is 0 Å². The van der Waals surface area contributed by atoms with Gasteiger partial charge in [0, 0.05) is 12.2 Å². The molecule has 0 atom stereocenters. The van der Waals surface area contributed by atoms with Crippen LogP contribution in [0.15, 0.2) is 42.5 Å². The molecule has 4 heteroatoms. The van der Waals surface area contributed by atoms with Gasteiger partial charge in [0.2, 0.25) is 0 Å². The molecule has 0 fully saturated rings. The Balaban J connectivity index is 1.57. The first-order valence-corrected chi connectivity index (χ1v) is 9.00. The van der Waals surface area contributed by atoms with Crippen LogP contribution in [0, 0.1) is 11.3 Å². The van der Waals surface area contributed by atoms with Crippen molar-refractivity contribution in [3.8, 4) is 11.8 Å². The maximum absolute atomic E-state index is 9.47. The van der Waals surface area contributed by atoms with Crippen LogP contribution in [-0.4, -0.2) is 12.1 Å². The number of benzene rings is 2. The maximum Gasteiger partial charge on any atom is 0.144 e. The molecule has 0 radical (unpaired) electrons. The molecule has 0 saturated carbocycles. The second-order valence-electron chi connectivity index (χ2n) is 6.71. The van der Waals surface area contributed by atoms with Gasteiger partial charge in [-0.05, 0) is 71.8 Å². The van der Waals surface area contributed by atoms with E-state index in [2.05, 4.69) is 35.7 Å². The van der Waals surface area contributed by atoms with Crippen molar-refractivity contribution in [1.29, 1.82) is 5.26 Å². The second-order valence-corrected chi connectivity index (χ2v) is 6.71. The Morgan fingerprint density at radius 3 is 2.73 bits per heavy atom. The minimum absolute atomic E-state index is 0.635. The fourth-order valence-corrected chi connectivity index (χ4v) is 3.55. The number of aromatic nitrogens is 1. The topological polar surface area (TPSA) is 57.9 Å². The van der Waals surface area contributed by atoms with Crippen molar-refractivity contribution in [2.45, 2.75) is 32.2 Å². The Hall–Kier alpha value is -3.06. The maximum atomic E-state index is 9.47. The summed E-state index contributed by atoms with van der Waals surface area (Å²) in [6, 6.07) is 16.7. The summed E-state index contributed by atoms with van der Waals surface area (Å²) in [4.78, 5) is 4.73. The van der Waals surface area contributed by atoms with Crippen molar-refractivity contribution < 1.29 is 4.74 Å². The largest absolute Gasteiger partial charge is 0.497 e. The monoisotopic (exact) mass is 343 g/mol. The van der Waals surface area contributed by atoms with Gasteiger partial charge in [-0.15, -0.1) is 0 Å². The molecule has 0 spiro atoms. The number of nitrogens with one attached hydrogen (secondary N) is 1. The predicted molar refractivity (Wildman–Crippen MR) is 103 cm³/mol. The average molecular weight is 343 g/mol. The molecule has 2 aromatic carbocycles. The van der Waals surface area contributed by atoms with Crippen LogP contribution in [0.1, 0.15) is 35.2 Å². The van der Waals surface area contributed by atoms with Crippen LogP contribution in [-0.2, 0) is 19.4 Å². The zero-order valence-electron chi connectivity index (χ0n) is 14.9. The number of methoxy groups -OCH3 is 1. The lowest BCUT2D eigenvalue weighted by molar-refractivity contribution is 0.415. The van der Waals surface area contributed by atoms with Crippen LogP contribution < -0.4 is 10.1 Å². The van der Waals surface area contributed by atoms with Crippen LogP contribution in [0.2, 0.25) is 0 Å². The molecule has 0 saturated heterocycles. The Morgan fingerprint density at radius 1 is 1.08 bits per heavy atom. The molecule has 1 N–H and O–H groups in total. The molecule has 0 amide bonds. The first kappa shape index (κ1) is 16.4. The summed E-state index contributed by atoms with van der Waals surface area (Å²) in [6.07, 6.45) is 4.41. The number of nitriles is 1. The van der Waals surface area contributed by atoms with E-state index >= 15 is 0 Å². The van der Waals surface area contributed by atoms with Crippen molar-refractivity contribution in [2.75, 3.05) is 12.4 Å². The number of nitrogens with zero attached hydrogens (tertiary/aromatic N) is 2. The van der Waals surface area contributed by atoms with E-state index in [-0.39, 0.29) is 0 Å². The van der Waals surface area contributed by atoms with Gasteiger partial charge in [0.15, 0.2) is 0 Å². The van der Waals surface area contributed by atoms with Gasteiger partial charge in [0.25, 0.3) is 0 Å². The molecule has 0 bridgehead atoms. The van der Waals surface area contributed by atoms with E-state index in [9.17, 15) is 5.26 Å². The fraction of sp³-hybridized carbons (Fsp3) is 0.273. The van der Waals surface area contributed by atoms with E-state index in [1.165, 1.54) is 23.8 Å². The third-order valence-corrected chi connectivity index (χ3v) is 4.99. The first-order valence-electron chi connectivity index (χ1n) is 9.00. The number of aryl methyl sites for hydroxylation is 2. The van der Waals surface area contributed by atoms with E-state index in [1.54, 1.807) is 7.11 Å². The van der Waals surface area contributed by atoms with Gasteiger partial charge in [0.05, 0.1) is 12.7 Å². The molecule has 4 rings (SSSR count). The third-order valence-electron chi connectivity index (χ3n) is 4.99. The number of hydrogen-bond donors (Lipinski definition) is 1. The van der Waals surface area contributed by atoms with Gasteiger partial charge in [-0.25, -0.2) is 4.98 Å². The highest BCUT2D eigenvalue weighted by atomic mass is 16.5. The minimum Gasteiger partial charge on any atom is -0.497 e. The summed E-state index contributed by atoms with van der Waals surface area (Å²) in [6.45, 7) is 0.641. The number of rotatable bonds is 4. The zero-order valence-corrected chi connectivity index (χ0v) is 14.9. The molecule has 0 aliphatic heterocycles. The van der Waals surface area contributed by atoms with Crippen molar-refractivity contribution in [2.24, 2.45) is 0 Å². The van der Waals surface area contributed by atoms with Gasteiger partial charge in [0.1, 0.15) is 17.6 Å². The predicted octanol–water partition coefficient (Wildman–Crippen LogP) is 4.61. The third kappa shape index (κ3) is 3.21. The zero-order chi connectivity index (χ0) is 17.9. The van der Waals surface area contributed by atoms with E-state index in [4.69, 9.17) is 9.72 Å². The van der Waals surface area contributed by atoms with Gasteiger partial charge in [-0.2, -0.15) is 5.26 Å². The van der Waals surface area contributed by atoms with Crippen LogP contribution in [0.25, 0.3) is 10.8 Å². The summed E-state index contributed by atoms with van der Waals surface area (Å²) in [5.41, 5.74) is 4.17. The van der Waals surface area contributed by atoms with Crippen molar-refractivity contribution in [1.82, 2.24) is 4.98 Å². The van der Waals surface area contributed by atoms with Crippen LogP contribution in [0.3, 0.4) is 0 Å². The van der Waals surface area contributed by atoms with Gasteiger partial charge in [-0.1, -0.05) is 18.2 Å². The molecule has 1 aliphatic carbocycles. The first-order chi connectivity index (χ1) is 12.8. The molecule has 1 aromatic heterocycles. The fourth-order valence-electron chi connectivity index (χ4n) is 3.55. The SMILES string of the molecule is COc1ccc2cc(CNc3nc4c(cc3C#N)CCCC4)ccc2c1. The Morgan fingerprint density at radius 2 is 1.88 bits per heavy atom. The van der Waals surface area contributed by atoms with E-state index in [0.29, 0.717) is 17.9 Å². The smallest absolute Gasteiger partial charge is 0.144 e. The normalized spacial score (nSPS) is 13.1. The minimum atomic E-state index is 0.635. The molecular weight excluding hydrogens is 322 g/mol. The van der Waals surface area contributed by atoms with Crippen LogP contribution >= 0.6 is 0 Å². The van der Waals surface area contributed by atoms with Gasteiger partial charge >= 0.3 is 0 Å². The van der Waals surface area contributed by atoms with Crippen molar-refractivity contribution in [3.05, 3.63) is 64.8 Å². The lowest BCUT2D eigenvalue weighted by atomic mass is 9.95. The Kier molecular flexibility index (Phi) is 4.45. The molecular formula is C22H21N3O. The number of pyridine rings is 1. The number of ether oxygens (including phenoxy) is 1.